The van der Waals surface area contributed by atoms with Crippen molar-refractivity contribution in [3.8, 4) is 6.07 Å². The summed E-state index contributed by atoms with van der Waals surface area (Å²) >= 11 is 1.47. The minimum absolute atomic E-state index is 0.0902. The predicted octanol–water partition coefficient (Wildman–Crippen LogP) is 2.16. The van der Waals surface area contributed by atoms with E-state index in [1.54, 1.807) is 12.1 Å². The van der Waals surface area contributed by atoms with Gasteiger partial charge in [-0.05, 0) is 29.6 Å². The van der Waals surface area contributed by atoms with Crippen LogP contribution in [0.5, 0.6) is 0 Å². The lowest BCUT2D eigenvalue weighted by Crippen LogP contribution is -2.48. The van der Waals surface area contributed by atoms with E-state index in [9.17, 15) is 10.1 Å². The molecule has 1 aliphatic rings. The molecule has 2 heterocycles. The van der Waals surface area contributed by atoms with Gasteiger partial charge in [-0.15, -0.1) is 11.3 Å². The summed E-state index contributed by atoms with van der Waals surface area (Å²) in [7, 11) is 0. The van der Waals surface area contributed by atoms with Crippen molar-refractivity contribution in [2.45, 2.75) is 0 Å². The number of hydrogen-bond donors (Lipinski definition) is 1. The third-order valence-electron chi connectivity index (χ3n) is 3.78. The highest BCUT2D eigenvalue weighted by Gasteiger charge is 2.23. The van der Waals surface area contributed by atoms with Crippen LogP contribution in [-0.4, -0.2) is 37.0 Å². The molecule has 0 aliphatic carbocycles. The summed E-state index contributed by atoms with van der Waals surface area (Å²) in [6.07, 6.45) is 0. The standard InChI is InChI=1S/C16H16N4OS/c17-11-12-10-13(18)3-4-14(12)19-5-7-20(8-6-19)16(21)15-2-1-9-22-15/h1-4,9-10H,5-8,18H2. The molecule has 1 aromatic heterocycles. The highest BCUT2D eigenvalue weighted by atomic mass is 32.1. The van der Waals surface area contributed by atoms with E-state index in [0.29, 0.717) is 24.3 Å². The Labute approximate surface area is 133 Å². The maximum absolute atomic E-state index is 12.3. The Morgan fingerprint density at radius 1 is 1.23 bits per heavy atom. The van der Waals surface area contributed by atoms with Gasteiger partial charge in [0.1, 0.15) is 6.07 Å². The molecule has 1 aliphatic heterocycles. The average Bonchev–Trinajstić information content (AvgIpc) is 3.08. The first-order valence-corrected chi connectivity index (χ1v) is 7.94. The molecule has 0 spiro atoms. The Kier molecular flexibility index (Phi) is 3.98. The van der Waals surface area contributed by atoms with Crippen molar-refractivity contribution in [2.75, 3.05) is 36.8 Å². The summed E-state index contributed by atoms with van der Waals surface area (Å²) in [6.45, 7) is 2.75. The van der Waals surface area contributed by atoms with Crippen LogP contribution in [-0.2, 0) is 0 Å². The van der Waals surface area contributed by atoms with Crippen LogP contribution in [0.25, 0.3) is 0 Å². The smallest absolute Gasteiger partial charge is 0.264 e. The SMILES string of the molecule is N#Cc1cc(N)ccc1N1CCN(C(=O)c2cccs2)CC1. The van der Waals surface area contributed by atoms with Crippen LogP contribution >= 0.6 is 11.3 Å². The fourth-order valence-electron chi connectivity index (χ4n) is 2.63. The minimum atomic E-state index is 0.0902. The van der Waals surface area contributed by atoms with Crippen molar-refractivity contribution in [1.29, 1.82) is 5.26 Å². The van der Waals surface area contributed by atoms with Gasteiger partial charge in [-0.2, -0.15) is 5.26 Å². The Hall–Kier alpha value is -2.52. The van der Waals surface area contributed by atoms with Crippen molar-refractivity contribution in [3.05, 3.63) is 46.2 Å². The third-order valence-corrected chi connectivity index (χ3v) is 4.64. The van der Waals surface area contributed by atoms with E-state index < -0.39 is 0 Å². The topological polar surface area (TPSA) is 73.4 Å². The summed E-state index contributed by atoms with van der Waals surface area (Å²) in [4.78, 5) is 17.1. The lowest BCUT2D eigenvalue weighted by Gasteiger charge is -2.36. The van der Waals surface area contributed by atoms with Crippen LogP contribution in [0.15, 0.2) is 35.7 Å². The van der Waals surface area contributed by atoms with Gasteiger partial charge >= 0.3 is 0 Å². The fraction of sp³-hybridized carbons (Fsp3) is 0.250. The first-order valence-electron chi connectivity index (χ1n) is 7.06. The zero-order valence-electron chi connectivity index (χ0n) is 12.0. The molecular formula is C16H16N4OS. The van der Waals surface area contributed by atoms with E-state index in [2.05, 4.69) is 11.0 Å². The molecule has 0 radical (unpaired) electrons. The molecule has 22 heavy (non-hydrogen) atoms. The molecule has 2 N–H and O–H groups in total. The molecule has 3 rings (SSSR count). The van der Waals surface area contributed by atoms with E-state index >= 15 is 0 Å². The molecule has 2 aromatic rings. The van der Waals surface area contributed by atoms with Gasteiger partial charge in [-0.1, -0.05) is 6.07 Å². The van der Waals surface area contributed by atoms with E-state index in [1.165, 1.54) is 11.3 Å². The van der Waals surface area contributed by atoms with Crippen LogP contribution in [0.2, 0.25) is 0 Å². The number of benzene rings is 1. The number of hydrogen-bond acceptors (Lipinski definition) is 5. The number of thiophene rings is 1. The molecule has 0 atom stereocenters. The number of carbonyl (C=O) groups is 1. The summed E-state index contributed by atoms with van der Waals surface area (Å²) in [5.74, 6) is 0.0902. The van der Waals surface area contributed by atoms with E-state index in [-0.39, 0.29) is 5.91 Å². The van der Waals surface area contributed by atoms with Gasteiger partial charge in [0, 0.05) is 31.9 Å². The highest BCUT2D eigenvalue weighted by molar-refractivity contribution is 7.12. The number of nitrogens with two attached hydrogens (primary N) is 1. The number of anilines is 2. The van der Waals surface area contributed by atoms with Gasteiger partial charge in [-0.25, -0.2) is 0 Å². The van der Waals surface area contributed by atoms with Gasteiger partial charge < -0.3 is 15.5 Å². The van der Waals surface area contributed by atoms with Gasteiger partial charge in [-0.3, -0.25) is 4.79 Å². The molecule has 1 saturated heterocycles. The molecule has 1 fully saturated rings. The quantitative estimate of drug-likeness (QED) is 0.863. The Morgan fingerprint density at radius 2 is 2.00 bits per heavy atom. The van der Waals surface area contributed by atoms with Crippen LogP contribution < -0.4 is 10.6 Å². The summed E-state index contributed by atoms with van der Waals surface area (Å²) in [6, 6.07) is 11.3. The second kappa shape index (κ2) is 6.08. The normalized spacial score (nSPS) is 14.7. The molecule has 112 valence electrons. The van der Waals surface area contributed by atoms with Gasteiger partial charge in [0.15, 0.2) is 0 Å². The van der Waals surface area contributed by atoms with Crippen molar-refractivity contribution in [2.24, 2.45) is 0 Å². The van der Waals surface area contributed by atoms with E-state index in [4.69, 9.17) is 5.73 Å². The second-order valence-corrected chi connectivity index (χ2v) is 6.09. The number of nitriles is 1. The Bertz CT molecular complexity index is 712. The Morgan fingerprint density at radius 3 is 2.64 bits per heavy atom. The molecule has 6 heteroatoms. The van der Waals surface area contributed by atoms with Crippen LogP contribution in [0.1, 0.15) is 15.2 Å². The fourth-order valence-corrected chi connectivity index (χ4v) is 3.32. The first kappa shape index (κ1) is 14.4. The van der Waals surface area contributed by atoms with Gasteiger partial charge in [0.2, 0.25) is 0 Å². The van der Waals surface area contributed by atoms with Crippen LogP contribution in [0.3, 0.4) is 0 Å². The number of amides is 1. The van der Waals surface area contributed by atoms with Crippen LogP contribution in [0.4, 0.5) is 11.4 Å². The van der Waals surface area contributed by atoms with Crippen LogP contribution in [0, 0.1) is 11.3 Å². The minimum Gasteiger partial charge on any atom is -0.399 e. The van der Waals surface area contributed by atoms with Crippen molar-refractivity contribution in [3.63, 3.8) is 0 Å². The van der Waals surface area contributed by atoms with E-state index in [1.807, 2.05) is 28.5 Å². The molecular weight excluding hydrogens is 296 g/mol. The summed E-state index contributed by atoms with van der Waals surface area (Å²) in [5, 5.41) is 11.2. The number of nitrogens with zero attached hydrogens (tertiary/aromatic N) is 3. The van der Waals surface area contributed by atoms with Crippen molar-refractivity contribution in [1.82, 2.24) is 4.90 Å². The number of piperazine rings is 1. The van der Waals surface area contributed by atoms with E-state index in [0.717, 1.165) is 23.7 Å². The number of carbonyl (C=O) groups excluding carboxylic acids is 1. The molecule has 1 amide bonds. The second-order valence-electron chi connectivity index (χ2n) is 5.14. The summed E-state index contributed by atoms with van der Waals surface area (Å²) in [5.41, 5.74) is 7.79. The lowest BCUT2D eigenvalue weighted by molar-refractivity contribution is 0.0751. The predicted molar refractivity (Wildman–Crippen MR) is 88.0 cm³/mol. The Balaban J connectivity index is 1.70. The maximum atomic E-state index is 12.3. The monoisotopic (exact) mass is 312 g/mol. The largest absolute Gasteiger partial charge is 0.399 e. The lowest BCUT2D eigenvalue weighted by atomic mass is 10.1. The molecule has 1 aromatic carbocycles. The van der Waals surface area contributed by atoms with Gasteiger partial charge in [0.05, 0.1) is 16.1 Å². The first-order chi connectivity index (χ1) is 10.7. The third kappa shape index (κ3) is 2.76. The zero-order chi connectivity index (χ0) is 15.5. The number of nitrogen functional groups attached to an aromatic ring is 1. The van der Waals surface area contributed by atoms with Crippen molar-refractivity contribution < 1.29 is 4.79 Å². The molecule has 5 nitrogen and oxygen atoms in total. The highest BCUT2D eigenvalue weighted by Crippen LogP contribution is 2.24. The number of rotatable bonds is 2. The molecule has 0 unspecified atom stereocenters. The summed E-state index contributed by atoms with van der Waals surface area (Å²) < 4.78 is 0. The molecule has 0 saturated carbocycles. The average molecular weight is 312 g/mol. The van der Waals surface area contributed by atoms with Crippen molar-refractivity contribution >= 4 is 28.6 Å². The zero-order valence-corrected chi connectivity index (χ0v) is 12.8. The maximum Gasteiger partial charge on any atom is 0.264 e. The molecule has 0 bridgehead atoms. The van der Waals surface area contributed by atoms with Gasteiger partial charge in [0.25, 0.3) is 5.91 Å².